The average molecular weight is 316 g/mol. The molecule has 1 N–H and O–H groups in total. The molecule has 0 unspecified atom stereocenters. The maximum Gasteiger partial charge on any atom is 0.266 e. The van der Waals surface area contributed by atoms with E-state index in [4.69, 9.17) is 4.52 Å². The van der Waals surface area contributed by atoms with E-state index in [0.717, 1.165) is 34.7 Å². The van der Waals surface area contributed by atoms with Crippen molar-refractivity contribution in [2.75, 3.05) is 0 Å². The number of carbonyl (C=O) groups is 1. The smallest absolute Gasteiger partial charge is 0.266 e. The van der Waals surface area contributed by atoms with E-state index >= 15 is 0 Å². The first-order valence-corrected chi connectivity index (χ1v) is 7.71. The van der Waals surface area contributed by atoms with Gasteiger partial charge in [-0.1, -0.05) is 5.16 Å². The van der Waals surface area contributed by atoms with E-state index in [2.05, 4.69) is 15.6 Å². The third-order valence-corrected chi connectivity index (χ3v) is 4.45. The second-order valence-corrected chi connectivity index (χ2v) is 6.04. The van der Waals surface area contributed by atoms with Crippen molar-refractivity contribution in [1.82, 2.24) is 20.3 Å². The summed E-state index contributed by atoms with van der Waals surface area (Å²) in [6.07, 6.45) is 2.02. The van der Waals surface area contributed by atoms with Crippen LogP contribution in [0.5, 0.6) is 0 Å². The van der Waals surface area contributed by atoms with Crippen molar-refractivity contribution in [3.63, 3.8) is 0 Å². The molecule has 7 nitrogen and oxygen atoms in total. The fraction of sp³-hybridized carbons (Fsp3) is 0.500. The Hall–Kier alpha value is -2.44. The Morgan fingerprint density at radius 2 is 2.26 bits per heavy atom. The lowest BCUT2D eigenvalue weighted by Crippen LogP contribution is -2.35. The van der Waals surface area contributed by atoms with Crippen LogP contribution in [0.15, 0.2) is 15.4 Å². The second kappa shape index (κ2) is 5.98. The highest BCUT2D eigenvalue weighted by Gasteiger charge is 2.26. The van der Waals surface area contributed by atoms with Gasteiger partial charge in [0.1, 0.15) is 5.76 Å². The van der Waals surface area contributed by atoms with Gasteiger partial charge in [-0.15, -0.1) is 0 Å². The molecule has 2 aromatic rings. The fourth-order valence-corrected chi connectivity index (χ4v) is 2.98. The molecule has 2 heterocycles. The van der Waals surface area contributed by atoms with Crippen LogP contribution in [0, 0.1) is 19.8 Å². The molecule has 0 spiro atoms. The summed E-state index contributed by atoms with van der Waals surface area (Å²) in [6.45, 7) is 4.11. The SMILES string of the molecule is Cc1noc(C)c1CNC(=O)[C@@H]1CCc2nn(C)c(=O)cc2C1. The zero-order chi connectivity index (χ0) is 16.6. The Labute approximate surface area is 133 Å². The molecule has 0 radical (unpaired) electrons. The Bertz CT molecular complexity index is 787. The predicted octanol–water partition coefficient (Wildman–Crippen LogP) is 0.806. The molecule has 7 heteroatoms. The summed E-state index contributed by atoms with van der Waals surface area (Å²) in [5, 5.41) is 11.1. The molecule has 0 aromatic carbocycles. The van der Waals surface area contributed by atoms with Gasteiger partial charge in [0, 0.05) is 31.1 Å². The molecule has 122 valence electrons. The summed E-state index contributed by atoms with van der Waals surface area (Å²) in [5.74, 6) is 0.595. The first-order chi connectivity index (χ1) is 11.0. The fourth-order valence-electron chi connectivity index (χ4n) is 2.98. The molecule has 1 atom stereocenters. The zero-order valence-electron chi connectivity index (χ0n) is 13.5. The van der Waals surface area contributed by atoms with E-state index in [1.807, 2.05) is 13.8 Å². The van der Waals surface area contributed by atoms with Crippen LogP contribution in [-0.2, 0) is 31.2 Å². The minimum Gasteiger partial charge on any atom is -0.361 e. The third-order valence-electron chi connectivity index (χ3n) is 4.45. The highest BCUT2D eigenvalue weighted by Crippen LogP contribution is 2.23. The van der Waals surface area contributed by atoms with Crippen LogP contribution in [0.4, 0.5) is 0 Å². The number of nitrogens with zero attached hydrogens (tertiary/aromatic N) is 3. The summed E-state index contributed by atoms with van der Waals surface area (Å²) >= 11 is 0. The minimum atomic E-state index is -0.138. The van der Waals surface area contributed by atoms with Crippen LogP contribution in [0.3, 0.4) is 0 Å². The Morgan fingerprint density at radius 3 is 2.96 bits per heavy atom. The maximum absolute atomic E-state index is 12.4. The van der Waals surface area contributed by atoms with E-state index < -0.39 is 0 Å². The van der Waals surface area contributed by atoms with Crippen LogP contribution in [0.2, 0.25) is 0 Å². The number of rotatable bonds is 3. The minimum absolute atomic E-state index is 0.00340. The summed E-state index contributed by atoms with van der Waals surface area (Å²) in [6, 6.07) is 1.59. The monoisotopic (exact) mass is 316 g/mol. The molecule has 1 amide bonds. The van der Waals surface area contributed by atoms with Crippen molar-refractivity contribution in [2.45, 2.75) is 39.7 Å². The lowest BCUT2D eigenvalue weighted by Gasteiger charge is -2.23. The van der Waals surface area contributed by atoms with Crippen molar-refractivity contribution in [2.24, 2.45) is 13.0 Å². The van der Waals surface area contributed by atoms with Crippen molar-refractivity contribution in [3.05, 3.63) is 44.7 Å². The van der Waals surface area contributed by atoms with Crippen LogP contribution in [0.1, 0.15) is 34.7 Å². The molecule has 0 fully saturated rings. The van der Waals surface area contributed by atoms with E-state index in [1.54, 1.807) is 13.1 Å². The van der Waals surface area contributed by atoms with Crippen molar-refractivity contribution < 1.29 is 9.32 Å². The van der Waals surface area contributed by atoms with Gasteiger partial charge in [0.15, 0.2) is 0 Å². The van der Waals surface area contributed by atoms with Crippen LogP contribution < -0.4 is 10.9 Å². The normalized spacial score (nSPS) is 16.9. The number of fused-ring (bicyclic) bond motifs is 1. The molecule has 0 saturated heterocycles. The third kappa shape index (κ3) is 3.04. The van der Waals surface area contributed by atoms with Gasteiger partial charge < -0.3 is 9.84 Å². The first kappa shape index (κ1) is 15.5. The van der Waals surface area contributed by atoms with Crippen LogP contribution in [0.25, 0.3) is 0 Å². The van der Waals surface area contributed by atoms with E-state index in [9.17, 15) is 9.59 Å². The molecule has 0 aliphatic heterocycles. The molecule has 23 heavy (non-hydrogen) atoms. The average Bonchev–Trinajstić information content (AvgIpc) is 2.84. The van der Waals surface area contributed by atoms with Gasteiger partial charge in [-0.2, -0.15) is 5.10 Å². The number of hydrogen-bond donors (Lipinski definition) is 1. The highest BCUT2D eigenvalue weighted by molar-refractivity contribution is 5.79. The van der Waals surface area contributed by atoms with Crippen LogP contribution in [-0.4, -0.2) is 20.8 Å². The van der Waals surface area contributed by atoms with E-state index in [-0.39, 0.29) is 17.4 Å². The van der Waals surface area contributed by atoms with E-state index in [1.165, 1.54) is 4.68 Å². The van der Waals surface area contributed by atoms with Gasteiger partial charge in [0.2, 0.25) is 5.91 Å². The van der Waals surface area contributed by atoms with Gasteiger partial charge in [0.05, 0.1) is 11.4 Å². The Balaban J connectivity index is 1.67. The summed E-state index contributed by atoms with van der Waals surface area (Å²) in [4.78, 5) is 24.1. The second-order valence-electron chi connectivity index (χ2n) is 6.04. The predicted molar refractivity (Wildman–Crippen MR) is 82.8 cm³/mol. The lowest BCUT2D eigenvalue weighted by atomic mass is 9.86. The number of amides is 1. The van der Waals surface area contributed by atoms with Gasteiger partial charge in [-0.05, 0) is 38.7 Å². The van der Waals surface area contributed by atoms with Gasteiger partial charge in [0.25, 0.3) is 5.56 Å². The van der Waals surface area contributed by atoms with Crippen LogP contribution >= 0.6 is 0 Å². The largest absolute Gasteiger partial charge is 0.361 e. The number of aromatic nitrogens is 3. The molecule has 1 aliphatic rings. The maximum atomic E-state index is 12.4. The van der Waals surface area contributed by atoms with Crippen molar-refractivity contribution >= 4 is 5.91 Å². The van der Waals surface area contributed by atoms with Gasteiger partial charge in [-0.25, -0.2) is 4.68 Å². The topological polar surface area (TPSA) is 90.0 Å². The quantitative estimate of drug-likeness (QED) is 0.905. The molecule has 3 rings (SSSR count). The van der Waals surface area contributed by atoms with Crippen molar-refractivity contribution in [3.8, 4) is 0 Å². The Morgan fingerprint density at radius 1 is 1.48 bits per heavy atom. The van der Waals surface area contributed by atoms with Gasteiger partial charge in [-0.3, -0.25) is 9.59 Å². The highest BCUT2D eigenvalue weighted by atomic mass is 16.5. The van der Waals surface area contributed by atoms with Gasteiger partial charge >= 0.3 is 0 Å². The Kier molecular flexibility index (Phi) is 4.02. The molecular formula is C16H20N4O3. The summed E-state index contributed by atoms with van der Waals surface area (Å²) < 4.78 is 6.44. The summed E-state index contributed by atoms with van der Waals surface area (Å²) in [7, 11) is 1.64. The molecule has 2 aromatic heterocycles. The first-order valence-electron chi connectivity index (χ1n) is 7.71. The number of carbonyl (C=O) groups excluding carboxylic acids is 1. The van der Waals surface area contributed by atoms with E-state index in [0.29, 0.717) is 19.4 Å². The number of aryl methyl sites for hydroxylation is 4. The van der Waals surface area contributed by atoms with Crippen molar-refractivity contribution in [1.29, 1.82) is 0 Å². The number of hydrogen-bond acceptors (Lipinski definition) is 5. The number of nitrogens with one attached hydrogen (secondary N) is 1. The molecule has 1 aliphatic carbocycles. The zero-order valence-corrected chi connectivity index (χ0v) is 13.5. The molecule has 0 saturated carbocycles. The molecular weight excluding hydrogens is 296 g/mol. The summed E-state index contributed by atoms with van der Waals surface area (Å²) in [5.41, 5.74) is 3.38. The standard InChI is InChI=1S/C16H20N4O3/c1-9-13(10(2)23-19-9)8-17-16(22)11-4-5-14-12(6-11)7-15(21)20(3)18-14/h7,11H,4-6,8H2,1-3H3,(H,17,22)/t11-/m1/s1. The molecule has 0 bridgehead atoms. The lowest BCUT2D eigenvalue weighted by molar-refractivity contribution is -0.125.